The van der Waals surface area contributed by atoms with E-state index in [0.29, 0.717) is 18.0 Å². The van der Waals surface area contributed by atoms with Crippen molar-refractivity contribution in [2.24, 2.45) is 0 Å². The maximum Gasteiger partial charge on any atom is 0.229 e. The molecule has 1 aliphatic rings. The molecule has 0 bridgehead atoms. The van der Waals surface area contributed by atoms with Crippen molar-refractivity contribution >= 4 is 11.6 Å². The van der Waals surface area contributed by atoms with Crippen molar-refractivity contribution in [1.29, 1.82) is 0 Å². The molecule has 1 N–H and O–H groups in total. The molecule has 0 aromatic heterocycles. The summed E-state index contributed by atoms with van der Waals surface area (Å²) < 4.78 is 18.6. The number of carbonyl (C=O) groups is 1. The molecule has 0 saturated carbocycles. The number of rotatable bonds is 4. The Balaban J connectivity index is 2.28. The first-order valence-corrected chi connectivity index (χ1v) is 6.02. The Morgan fingerprint density at radius 1 is 1.56 bits per heavy atom. The number of anilines is 1. The average molecular weight is 253 g/mol. The Bertz CT molecular complexity index is 450. The number of amides is 1. The normalized spacial score (nSPS) is 19.4. The van der Waals surface area contributed by atoms with E-state index in [-0.39, 0.29) is 18.9 Å². The van der Waals surface area contributed by atoms with E-state index >= 15 is 0 Å². The third-order valence-electron chi connectivity index (χ3n) is 2.78. The number of halogens is 1. The third kappa shape index (κ3) is 2.61. The molecule has 1 fully saturated rings. The molecule has 1 aliphatic heterocycles. The van der Waals surface area contributed by atoms with Crippen LogP contribution in [0.5, 0.6) is 5.75 Å². The van der Waals surface area contributed by atoms with E-state index in [1.54, 1.807) is 0 Å². The highest BCUT2D eigenvalue weighted by molar-refractivity contribution is 5.97. The number of benzene rings is 1. The average Bonchev–Trinajstić information content (AvgIpc) is 2.66. The Kier molecular flexibility index (Phi) is 3.81. The summed E-state index contributed by atoms with van der Waals surface area (Å²) in [5, 5.41) is 9.48. The number of aliphatic hydroxyl groups is 1. The Hall–Kier alpha value is -1.62. The minimum absolute atomic E-state index is 0.102. The number of hydrogen-bond donors (Lipinski definition) is 1. The fourth-order valence-corrected chi connectivity index (χ4v) is 1.96. The van der Waals surface area contributed by atoms with Crippen molar-refractivity contribution in [3.8, 4) is 5.75 Å². The van der Waals surface area contributed by atoms with Crippen LogP contribution < -0.4 is 9.64 Å². The molecule has 1 atom stereocenters. The second-order valence-electron chi connectivity index (χ2n) is 4.32. The van der Waals surface area contributed by atoms with E-state index in [1.165, 1.54) is 23.1 Å². The van der Waals surface area contributed by atoms with Crippen molar-refractivity contribution < 1.29 is 19.0 Å². The second kappa shape index (κ2) is 5.35. The van der Waals surface area contributed by atoms with Gasteiger partial charge in [0.1, 0.15) is 11.6 Å². The molecule has 1 saturated heterocycles. The van der Waals surface area contributed by atoms with E-state index in [2.05, 4.69) is 0 Å². The quantitative estimate of drug-likeness (QED) is 0.888. The zero-order valence-corrected chi connectivity index (χ0v) is 10.2. The number of nitrogens with zero attached hydrogens (tertiary/aromatic N) is 1. The lowest BCUT2D eigenvalue weighted by atomic mass is 10.2. The first-order chi connectivity index (χ1) is 8.61. The van der Waals surface area contributed by atoms with Crippen molar-refractivity contribution in [2.45, 2.75) is 25.9 Å². The SMILES string of the molecule is CCCOc1cc(F)ccc1N1CC(O)CC1=O. The van der Waals surface area contributed by atoms with Crippen molar-refractivity contribution in [3.05, 3.63) is 24.0 Å². The summed E-state index contributed by atoms with van der Waals surface area (Å²) in [6.45, 7) is 2.64. The number of carbonyl (C=O) groups excluding carboxylic acids is 1. The van der Waals surface area contributed by atoms with Crippen LogP contribution in [0.4, 0.5) is 10.1 Å². The summed E-state index contributed by atoms with van der Waals surface area (Å²) in [6, 6.07) is 4.06. The van der Waals surface area contributed by atoms with Crippen LogP contribution in [0, 0.1) is 5.82 Å². The predicted octanol–water partition coefficient (Wildman–Crippen LogP) is 1.71. The predicted molar refractivity (Wildman–Crippen MR) is 65.2 cm³/mol. The molecule has 1 amide bonds. The van der Waals surface area contributed by atoms with Crippen LogP contribution in [0.2, 0.25) is 0 Å². The third-order valence-corrected chi connectivity index (χ3v) is 2.78. The zero-order valence-electron chi connectivity index (χ0n) is 10.2. The summed E-state index contributed by atoms with van der Waals surface area (Å²) in [5.41, 5.74) is 0.520. The molecule has 4 nitrogen and oxygen atoms in total. The topological polar surface area (TPSA) is 49.8 Å². The van der Waals surface area contributed by atoms with E-state index in [1.807, 2.05) is 6.92 Å². The van der Waals surface area contributed by atoms with Gasteiger partial charge >= 0.3 is 0 Å². The Morgan fingerprint density at radius 3 is 2.94 bits per heavy atom. The molecule has 2 rings (SSSR count). The van der Waals surface area contributed by atoms with Crippen LogP contribution in [-0.2, 0) is 4.79 Å². The first kappa shape index (κ1) is 12.8. The zero-order chi connectivity index (χ0) is 13.1. The van der Waals surface area contributed by atoms with Crippen LogP contribution in [0.15, 0.2) is 18.2 Å². The van der Waals surface area contributed by atoms with Crippen LogP contribution in [0.3, 0.4) is 0 Å². The summed E-state index contributed by atoms with van der Waals surface area (Å²) in [5.74, 6) is -0.230. The molecule has 5 heteroatoms. The lowest BCUT2D eigenvalue weighted by Gasteiger charge is -2.19. The minimum atomic E-state index is -0.665. The fourth-order valence-electron chi connectivity index (χ4n) is 1.96. The fraction of sp³-hybridized carbons (Fsp3) is 0.462. The molecule has 98 valence electrons. The molecule has 18 heavy (non-hydrogen) atoms. The van der Waals surface area contributed by atoms with Gasteiger partial charge in [-0.1, -0.05) is 6.92 Å². The van der Waals surface area contributed by atoms with E-state index in [9.17, 15) is 14.3 Å². The maximum atomic E-state index is 13.2. The van der Waals surface area contributed by atoms with Gasteiger partial charge in [0.15, 0.2) is 0 Å². The summed E-state index contributed by atoms with van der Waals surface area (Å²) in [7, 11) is 0. The van der Waals surface area contributed by atoms with Crippen LogP contribution >= 0.6 is 0 Å². The Morgan fingerprint density at radius 2 is 2.33 bits per heavy atom. The van der Waals surface area contributed by atoms with Crippen LogP contribution in [0.25, 0.3) is 0 Å². The van der Waals surface area contributed by atoms with Crippen molar-refractivity contribution in [3.63, 3.8) is 0 Å². The van der Waals surface area contributed by atoms with Crippen molar-refractivity contribution in [1.82, 2.24) is 0 Å². The van der Waals surface area contributed by atoms with E-state index < -0.39 is 11.9 Å². The molecule has 1 heterocycles. The van der Waals surface area contributed by atoms with E-state index in [0.717, 1.165) is 6.42 Å². The first-order valence-electron chi connectivity index (χ1n) is 6.02. The van der Waals surface area contributed by atoms with Crippen LogP contribution in [-0.4, -0.2) is 30.3 Å². The largest absolute Gasteiger partial charge is 0.491 e. The summed E-state index contributed by atoms with van der Waals surface area (Å²) >= 11 is 0. The van der Waals surface area contributed by atoms with Crippen molar-refractivity contribution in [2.75, 3.05) is 18.1 Å². The van der Waals surface area contributed by atoms with Gasteiger partial charge in [0.05, 0.1) is 31.4 Å². The number of β-amino-alcohol motifs (C(OH)–C–C–N with tert-alkyl or cyclic N) is 1. The Labute approximate surface area is 105 Å². The standard InChI is InChI=1S/C13H16FNO3/c1-2-5-18-12-6-9(14)3-4-11(12)15-8-10(16)7-13(15)17/h3-4,6,10,16H,2,5,7-8H2,1H3. The van der Waals surface area contributed by atoms with Gasteiger partial charge in [-0.15, -0.1) is 0 Å². The second-order valence-corrected chi connectivity index (χ2v) is 4.32. The molecule has 1 unspecified atom stereocenters. The van der Waals surface area contributed by atoms with Gasteiger partial charge < -0.3 is 14.7 Å². The summed E-state index contributed by atoms with van der Waals surface area (Å²) in [4.78, 5) is 13.2. The number of aliphatic hydroxyl groups excluding tert-OH is 1. The van der Waals surface area contributed by atoms with Gasteiger partial charge in [-0.05, 0) is 18.6 Å². The summed E-state index contributed by atoms with van der Waals surface area (Å²) in [6.07, 6.45) is 0.235. The number of hydrogen-bond acceptors (Lipinski definition) is 3. The maximum absolute atomic E-state index is 13.2. The molecular formula is C13H16FNO3. The van der Waals surface area contributed by atoms with Gasteiger partial charge in [-0.25, -0.2) is 4.39 Å². The van der Waals surface area contributed by atoms with Gasteiger partial charge in [0, 0.05) is 6.07 Å². The highest BCUT2D eigenvalue weighted by Gasteiger charge is 2.30. The van der Waals surface area contributed by atoms with Crippen LogP contribution in [0.1, 0.15) is 19.8 Å². The highest BCUT2D eigenvalue weighted by atomic mass is 19.1. The molecular weight excluding hydrogens is 237 g/mol. The lowest BCUT2D eigenvalue weighted by molar-refractivity contribution is -0.117. The monoisotopic (exact) mass is 253 g/mol. The van der Waals surface area contributed by atoms with Gasteiger partial charge in [-0.3, -0.25) is 4.79 Å². The molecule has 0 radical (unpaired) electrons. The molecule has 1 aromatic carbocycles. The van der Waals surface area contributed by atoms with Gasteiger partial charge in [0.25, 0.3) is 0 Å². The molecule has 0 spiro atoms. The van der Waals surface area contributed by atoms with Gasteiger partial charge in [0.2, 0.25) is 5.91 Å². The molecule has 1 aromatic rings. The number of ether oxygens (including phenoxy) is 1. The lowest BCUT2D eigenvalue weighted by Crippen LogP contribution is -2.26. The smallest absolute Gasteiger partial charge is 0.229 e. The van der Waals surface area contributed by atoms with Gasteiger partial charge in [-0.2, -0.15) is 0 Å². The minimum Gasteiger partial charge on any atom is -0.491 e. The molecule has 0 aliphatic carbocycles. The highest BCUT2D eigenvalue weighted by Crippen LogP contribution is 2.32. The van der Waals surface area contributed by atoms with E-state index in [4.69, 9.17) is 4.74 Å².